The first-order chi connectivity index (χ1) is 7.97. The van der Waals surface area contributed by atoms with Crippen LogP contribution in [0.2, 0.25) is 0 Å². The largest absolute Gasteiger partial charge is 0.481 e. The average Bonchev–Trinajstić information content (AvgIpc) is 2.27. The first-order valence-electron chi connectivity index (χ1n) is 5.80. The second-order valence-corrected chi connectivity index (χ2v) is 5.51. The Morgan fingerprint density at radius 2 is 2.18 bits per heavy atom. The van der Waals surface area contributed by atoms with Crippen molar-refractivity contribution in [3.05, 3.63) is 18.3 Å². The van der Waals surface area contributed by atoms with E-state index >= 15 is 0 Å². The SMILES string of the molecule is COc1cc(NC(CCCl)C(C)(C)C)ccn1. The van der Waals surface area contributed by atoms with Gasteiger partial charge in [0.05, 0.1) is 7.11 Å². The third-order valence-corrected chi connectivity index (χ3v) is 2.95. The van der Waals surface area contributed by atoms with Gasteiger partial charge in [0, 0.05) is 29.9 Å². The number of alkyl halides is 1. The van der Waals surface area contributed by atoms with E-state index in [1.165, 1.54) is 0 Å². The number of anilines is 1. The van der Waals surface area contributed by atoms with Crippen molar-refractivity contribution in [3.8, 4) is 5.88 Å². The van der Waals surface area contributed by atoms with Gasteiger partial charge >= 0.3 is 0 Å². The zero-order chi connectivity index (χ0) is 12.9. The molecule has 0 aliphatic heterocycles. The molecule has 0 aliphatic rings. The van der Waals surface area contributed by atoms with E-state index in [-0.39, 0.29) is 5.41 Å². The van der Waals surface area contributed by atoms with Crippen LogP contribution < -0.4 is 10.1 Å². The molecule has 1 unspecified atom stereocenters. The number of nitrogens with one attached hydrogen (secondary N) is 1. The molecule has 0 amide bonds. The van der Waals surface area contributed by atoms with Crippen molar-refractivity contribution in [3.63, 3.8) is 0 Å². The van der Waals surface area contributed by atoms with Crippen molar-refractivity contribution in [2.45, 2.75) is 33.2 Å². The maximum Gasteiger partial charge on any atom is 0.214 e. The summed E-state index contributed by atoms with van der Waals surface area (Å²) in [5.74, 6) is 1.27. The molecule has 0 bridgehead atoms. The Morgan fingerprint density at radius 1 is 1.47 bits per heavy atom. The molecule has 1 rings (SSSR count). The fourth-order valence-electron chi connectivity index (χ4n) is 1.64. The zero-order valence-electron chi connectivity index (χ0n) is 11.0. The summed E-state index contributed by atoms with van der Waals surface area (Å²) < 4.78 is 5.10. The third kappa shape index (κ3) is 4.43. The smallest absolute Gasteiger partial charge is 0.214 e. The first kappa shape index (κ1) is 14.1. The van der Waals surface area contributed by atoms with Gasteiger partial charge in [-0.05, 0) is 17.9 Å². The summed E-state index contributed by atoms with van der Waals surface area (Å²) in [4.78, 5) is 4.09. The minimum absolute atomic E-state index is 0.158. The number of rotatable bonds is 5. The summed E-state index contributed by atoms with van der Waals surface area (Å²) in [6.45, 7) is 6.61. The van der Waals surface area contributed by atoms with Gasteiger partial charge in [0.1, 0.15) is 0 Å². The number of nitrogens with zero attached hydrogens (tertiary/aromatic N) is 1. The molecule has 17 heavy (non-hydrogen) atoms. The molecule has 1 N–H and O–H groups in total. The van der Waals surface area contributed by atoms with E-state index in [1.54, 1.807) is 13.3 Å². The second kappa shape index (κ2) is 6.10. The highest BCUT2D eigenvalue weighted by Gasteiger charge is 2.23. The average molecular weight is 257 g/mol. The summed E-state index contributed by atoms with van der Waals surface area (Å²) in [5.41, 5.74) is 1.17. The normalized spacial score (nSPS) is 13.2. The van der Waals surface area contributed by atoms with E-state index in [9.17, 15) is 0 Å². The van der Waals surface area contributed by atoms with Crippen LogP contribution in [0.1, 0.15) is 27.2 Å². The predicted octanol–water partition coefficient (Wildman–Crippen LogP) is 3.55. The molecule has 0 fully saturated rings. The van der Waals surface area contributed by atoms with Gasteiger partial charge in [-0.25, -0.2) is 4.98 Å². The number of aromatic nitrogens is 1. The van der Waals surface area contributed by atoms with Gasteiger partial charge in [-0.3, -0.25) is 0 Å². The van der Waals surface area contributed by atoms with Crippen LogP contribution in [0.5, 0.6) is 5.88 Å². The Morgan fingerprint density at radius 3 is 2.71 bits per heavy atom. The minimum atomic E-state index is 0.158. The van der Waals surface area contributed by atoms with Crippen LogP contribution in [0.3, 0.4) is 0 Å². The van der Waals surface area contributed by atoms with Crippen molar-refractivity contribution >= 4 is 17.3 Å². The van der Waals surface area contributed by atoms with E-state index in [0.29, 0.717) is 17.8 Å². The maximum absolute atomic E-state index is 5.85. The molecule has 0 aliphatic carbocycles. The van der Waals surface area contributed by atoms with Crippen LogP contribution in [0.25, 0.3) is 0 Å². The molecule has 1 aromatic heterocycles. The lowest BCUT2D eigenvalue weighted by atomic mass is 9.85. The number of methoxy groups -OCH3 is 1. The van der Waals surface area contributed by atoms with E-state index in [0.717, 1.165) is 12.1 Å². The molecule has 3 nitrogen and oxygen atoms in total. The number of hydrogen-bond donors (Lipinski definition) is 1. The molecule has 0 radical (unpaired) electrons. The molecule has 1 heterocycles. The molecule has 1 atom stereocenters. The monoisotopic (exact) mass is 256 g/mol. The number of halogens is 1. The Kier molecular flexibility index (Phi) is 5.06. The summed E-state index contributed by atoms with van der Waals surface area (Å²) in [6, 6.07) is 4.16. The van der Waals surface area contributed by atoms with Crippen molar-refractivity contribution in [1.29, 1.82) is 0 Å². The lowest BCUT2D eigenvalue weighted by Crippen LogP contribution is -2.34. The van der Waals surface area contributed by atoms with E-state index in [4.69, 9.17) is 16.3 Å². The van der Waals surface area contributed by atoms with E-state index < -0.39 is 0 Å². The summed E-state index contributed by atoms with van der Waals surface area (Å²) in [6.07, 6.45) is 2.66. The molecule has 4 heteroatoms. The Balaban J connectivity index is 2.78. The number of hydrogen-bond acceptors (Lipinski definition) is 3. The van der Waals surface area contributed by atoms with Crippen LogP contribution in [-0.2, 0) is 0 Å². The molecule has 0 spiro atoms. The molecule has 0 saturated heterocycles. The van der Waals surface area contributed by atoms with Crippen LogP contribution >= 0.6 is 11.6 Å². The van der Waals surface area contributed by atoms with Crippen molar-refractivity contribution in [2.24, 2.45) is 5.41 Å². The predicted molar refractivity (Wildman–Crippen MR) is 73.0 cm³/mol. The van der Waals surface area contributed by atoms with E-state index in [2.05, 4.69) is 31.1 Å². The Bertz CT molecular complexity index is 350. The van der Waals surface area contributed by atoms with Gasteiger partial charge in [-0.1, -0.05) is 20.8 Å². The second-order valence-electron chi connectivity index (χ2n) is 5.13. The standard InChI is InChI=1S/C13H21ClN2O/c1-13(2,3)11(5-7-14)16-10-6-8-15-12(9-10)17-4/h6,8-9,11H,5,7H2,1-4H3,(H,15,16). The van der Waals surface area contributed by atoms with Crippen molar-refractivity contribution in [1.82, 2.24) is 4.98 Å². The fourth-order valence-corrected chi connectivity index (χ4v) is 1.86. The van der Waals surface area contributed by atoms with Gasteiger partial charge in [0.2, 0.25) is 5.88 Å². The lowest BCUT2D eigenvalue weighted by Gasteiger charge is -2.32. The summed E-state index contributed by atoms with van der Waals surface area (Å²) in [7, 11) is 1.62. The van der Waals surface area contributed by atoms with Gasteiger partial charge in [0.15, 0.2) is 0 Å². The molecule has 96 valence electrons. The minimum Gasteiger partial charge on any atom is -0.481 e. The molecular weight excluding hydrogens is 236 g/mol. The Labute approximate surface area is 109 Å². The van der Waals surface area contributed by atoms with Gasteiger partial charge in [-0.2, -0.15) is 0 Å². The molecular formula is C13H21ClN2O. The highest BCUT2D eigenvalue weighted by atomic mass is 35.5. The van der Waals surface area contributed by atoms with Gasteiger partial charge in [-0.15, -0.1) is 11.6 Å². The van der Waals surface area contributed by atoms with Crippen LogP contribution in [0.4, 0.5) is 5.69 Å². The quantitative estimate of drug-likeness (QED) is 0.819. The van der Waals surface area contributed by atoms with Crippen LogP contribution in [-0.4, -0.2) is 24.0 Å². The molecule has 0 aromatic carbocycles. The van der Waals surface area contributed by atoms with Gasteiger partial charge in [0.25, 0.3) is 0 Å². The topological polar surface area (TPSA) is 34.1 Å². The molecule has 0 saturated carbocycles. The van der Waals surface area contributed by atoms with Crippen LogP contribution in [0.15, 0.2) is 18.3 Å². The zero-order valence-corrected chi connectivity index (χ0v) is 11.7. The number of ether oxygens (including phenoxy) is 1. The first-order valence-corrected chi connectivity index (χ1v) is 6.33. The summed E-state index contributed by atoms with van der Waals surface area (Å²) >= 11 is 5.85. The maximum atomic E-state index is 5.85. The van der Waals surface area contributed by atoms with Gasteiger partial charge < -0.3 is 10.1 Å². The van der Waals surface area contributed by atoms with Crippen molar-refractivity contribution in [2.75, 3.05) is 18.3 Å². The molecule has 1 aromatic rings. The lowest BCUT2D eigenvalue weighted by molar-refractivity contribution is 0.334. The number of pyridine rings is 1. The highest BCUT2D eigenvalue weighted by molar-refractivity contribution is 6.17. The summed E-state index contributed by atoms with van der Waals surface area (Å²) in [5, 5.41) is 3.49. The highest BCUT2D eigenvalue weighted by Crippen LogP contribution is 2.26. The fraction of sp³-hybridized carbons (Fsp3) is 0.615. The van der Waals surface area contributed by atoms with Crippen LogP contribution in [0, 0.1) is 5.41 Å². The van der Waals surface area contributed by atoms with Crippen molar-refractivity contribution < 1.29 is 4.74 Å². The Hall–Kier alpha value is -0.960. The van der Waals surface area contributed by atoms with E-state index in [1.807, 2.05) is 12.1 Å². The third-order valence-electron chi connectivity index (χ3n) is 2.73.